The van der Waals surface area contributed by atoms with Gasteiger partial charge in [0.25, 0.3) is 5.91 Å². The van der Waals surface area contributed by atoms with Gasteiger partial charge in [-0.3, -0.25) is 9.59 Å². The Balaban J connectivity index is 1.64. The molecule has 2 rings (SSSR count). The minimum atomic E-state index is -0.120. The van der Waals surface area contributed by atoms with Gasteiger partial charge in [-0.05, 0) is 56.4 Å². The first-order valence-corrected chi connectivity index (χ1v) is 7.40. The predicted molar refractivity (Wildman–Crippen MR) is 81.5 cm³/mol. The van der Waals surface area contributed by atoms with Crippen molar-refractivity contribution in [2.24, 2.45) is 0 Å². The van der Waals surface area contributed by atoms with Crippen molar-refractivity contribution in [3.05, 3.63) is 41.5 Å². The molecular formula is C17H21NO3. The normalized spacial score (nSPS) is 14.2. The van der Waals surface area contributed by atoms with E-state index in [2.05, 4.69) is 11.4 Å². The number of benzene rings is 1. The van der Waals surface area contributed by atoms with E-state index < -0.39 is 0 Å². The van der Waals surface area contributed by atoms with E-state index >= 15 is 0 Å². The van der Waals surface area contributed by atoms with Gasteiger partial charge < -0.3 is 10.1 Å². The zero-order chi connectivity index (χ0) is 14.9. The fourth-order valence-electron chi connectivity index (χ4n) is 2.34. The van der Waals surface area contributed by atoms with E-state index in [1.54, 1.807) is 24.3 Å². The zero-order valence-corrected chi connectivity index (χ0v) is 12.1. The minimum absolute atomic E-state index is 0.000512. The van der Waals surface area contributed by atoms with Gasteiger partial charge in [0.1, 0.15) is 12.0 Å². The molecule has 0 bridgehead atoms. The van der Waals surface area contributed by atoms with E-state index in [1.165, 1.54) is 24.8 Å². The van der Waals surface area contributed by atoms with E-state index in [0.717, 1.165) is 19.1 Å². The molecule has 0 heterocycles. The molecular weight excluding hydrogens is 266 g/mol. The number of nitrogens with one attached hydrogen (secondary N) is 1. The lowest BCUT2D eigenvalue weighted by Crippen LogP contribution is -2.30. The van der Waals surface area contributed by atoms with Crippen molar-refractivity contribution in [2.45, 2.75) is 32.1 Å². The van der Waals surface area contributed by atoms with Gasteiger partial charge in [-0.2, -0.15) is 0 Å². The topological polar surface area (TPSA) is 55.4 Å². The molecule has 0 unspecified atom stereocenters. The average molecular weight is 287 g/mol. The molecule has 0 spiro atoms. The Kier molecular flexibility index (Phi) is 6.00. The number of hydrogen-bond donors (Lipinski definition) is 1. The second-order valence-electron chi connectivity index (χ2n) is 5.18. The largest absolute Gasteiger partial charge is 0.484 e. The predicted octanol–water partition coefficient (Wildman–Crippen LogP) is 2.88. The maximum Gasteiger partial charge on any atom is 0.257 e. The molecule has 4 heteroatoms. The van der Waals surface area contributed by atoms with Crippen molar-refractivity contribution in [2.75, 3.05) is 13.2 Å². The molecule has 1 amide bonds. The highest BCUT2D eigenvalue weighted by Crippen LogP contribution is 2.19. The number of hydrogen-bond acceptors (Lipinski definition) is 3. The summed E-state index contributed by atoms with van der Waals surface area (Å²) in [7, 11) is 0. The van der Waals surface area contributed by atoms with Crippen molar-refractivity contribution < 1.29 is 14.3 Å². The molecule has 0 radical (unpaired) electrons. The van der Waals surface area contributed by atoms with Crippen LogP contribution in [-0.2, 0) is 4.79 Å². The third kappa shape index (κ3) is 5.42. The number of carbonyl (C=O) groups excluding carboxylic acids is 2. The molecule has 21 heavy (non-hydrogen) atoms. The van der Waals surface area contributed by atoms with Gasteiger partial charge in [0.15, 0.2) is 6.61 Å². The summed E-state index contributed by atoms with van der Waals surface area (Å²) in [4.78, 5) is 22.2. The fraction of sp³-hybridized carbons (Fsp3) is 0.412. The highest BCUT2D eigenvalue weighted by Gasteiger charge is 2.06. The zero-order valence-electron chi connectivity index (χ0n) is 12.1. The molecule has 0 atom stereocenters. The first-order valence-electron chi connectivity index (χ1n) is 7.40. The van der Waals surface area contributed by atoms with Crippen molar-refractivity contribution in [1.82, 2.24) is 5.32 Å². The average Bonchev–Trinajstić information content (AvgIpc) is 2.54. The number of carbonyl (C=O) groups is 2. The van der Waals surface area contributed by atoms with Crippen LogP contribution in [0.5, 0.6) is 5.75 Å². The van der Waals surface area contributed by atoms with Gasteiger partial charge in [-0.15, -0.1) is 0 Å². The molecule has 0 aromatic heterocycles. The van der Waals surface area contributed by atoms with Crippen molar-refractivity contribution in [3.63, 3.8) is 0 Å². The number of amides is 1. The van der Waals surface area contributed by atoms with Crippen LogP contribution in [0.1, 0.15) is 42.5 Å². The van der Waals surface area contributed by atoms with E-state index in [1.807, 2.05) is 0 Å². The van der Waals surface area contributed by atoms with E-state index in [0.29, 0.717) is 17.9 Å². The Morgan fingerprint density at radius 1 is 1.24 bits per heavy atom. The maximum absolute atomic E-state index is 11.7. The first kappa shape index (κ1) is 15.3. The monoisotopic (exact) mass is 287 g/mol. The van der Waals surface area contributed by atoms with Gasteiger partial charge in [-0.25, -0.2) is 0 Å². The molecule has 0 saturated carbocycles. The van der Waals surface area contributed by atoms with Crippen molar-refractivity contribution >= 4 is 12.2 Å². The summed E-state index contributed by atoms with van der Waals surface area (Å²) in [6, 6.07) is 6.69. The first-order chi connectivity index (χ1) is 10.3. The van der Waals surface area contributed by atoms with Gasteiger partial charge in [0.2, 0.25) is 0 Å². The summed E-state index contributed by atoms with van der Waals surface area (Å²) in [5, 5.41) is 2.86. The smallest absolute Gasteiger partial charge is 0.257 e. The number of allylic oxidation sites excluding steroid dienone is 1. The van der Waals surface area contributed by atoms with Crippen LogP contribution in [0.15, 0.2) is 35.9 Å². The molecule has 0 fully saturated rings. The van der Waals surface area contributed by atoms with Gasteiger partial charge in [0, 0.05) is 12.1 Å². The highest BCUT2D eigenvalue weighted by atomic mass is 16.5. The Bertz CT molecular complexity index is 505. The van der Waals surface area contributed by atoms with Gasteiger partial charge >= 0.3 is 0 Å². The summed E-state index contributed by atoms with van der Waals surface area (Å²) in [6.07, 6.45) is 8.88. The number of aldehydes is 1. The molecule has 1 aromatic carbocycles. The lowest BCUT2D eigenvalue weighted by molar-refractivity contribution is -0.123. The fourth-order valence-corrected chi connectivity index (χ4v) is 2.34. The molecule has 0 aliphatic heterocycles. The van der Waals surface area contributed by atoms with Crippen LogP contribution in [0.25, 0.3) is 0 Å². The van der Waals surface area contributed by atoms with Crippen LogP contribution in [0.3, 0.4) is 0 Å². The van der Waals surface area contributed by atoms with Crippen molar-refractivity contribution in [3.8, 4) is 5.75 Å². The summed E-state index contributed by atoms with van der Waals surface area (Å²) in [5.41, 5.74) is 2.04. The quantitative estimate of drug-likeness (QED) is 0.619. The number of ether oxygens (including phenoxy) is 1. The summed E-state index contributed by atoms with van der Waals surface area (Å²) < 4.78 is 5.37. The molecule has 1 aliphatic rings. The lowest BCUT2D eigenvalue weighted by atomic mass is 9.97. The van der Waals surface area contributed by atoms with Crippen LogP contribution in [0, 0.1) is 0 Å². The third-order valence-corrected chi connectivity index (χ3v) is 3.54. The molecule has 0 saturated heterocycles. The van der Waals surface area contributed by atoms with Crippen LogP contribution in [0.4, 0.5) is 0 Å². The van der Waals surface area contributed by atoms with Crippen LogP contribution < -0.4 is 10.1 Å². The van der Waals surface area contributed by atoms with Gasteiger partial charge in [-0.1, -0.05) is 11.6 Å². The Morgan fingerprint density at radius 3 is 2.71 bits per heavy atom. The maximum atomic E-state index is 11.7. The van der Waals surface area contributed by atoms with E-state index in [9.17, 15) is 9.59 Å². The van der Waals surface area contributed by atoms with Crippen molar-refractivity contribution in [1.29, 1.82) is 0 Å². The lowest BCUT2D eigenvalue weighted by Gasteiger charge is -2.13. The molecule has 4 nitrogen and oxygen atoms in total. The van der Waals surface area contributed by atoms with Crippen LogP contribution in [-0.4, -0.2) is 25.3 Å². The summed E-state index contributed by atoms with van der Waals surface area (Å²) in [6.45, 7) is 0.664. The van der Waals surface area contributed by atoms with E-state index in [-0.39, 0.29) is 12.5 Å². The van der Waals surface area contributed by atoms with Crippen LogP contribution in [0.2, 0.25) is 0 Å². The minimum Gasteiger partial charge on any atom is -0.484 e. The number of rotatable bonds is 7. The second-order valence-corrected chi connectivity index (χ2v) is 5.18. The van der Waals surface area contributed by atoms with E-state index in [4.69, 9.17) is 4.74 Å². The summed E-state index contributed by atoms with van der Waals surface area (Å²) >= 11 is 0. The summed E-state index contributed by atoms with van der Waals surface area (Å²) in [5.74, 6) is 0.469. The second kappa shape index (κ2) is 8.25. The highest BCUT2D eigenvalue weighted by molar-refractivity contribution is 5.77. The van der Waals surface area contributed by atoms with Crippen LogP contribution >= 0.6 is 0 Å². The SMILES string of the molecule is O=Cc1ccc(OCC(=O)NCCC2=CCCCC2)cc1. The molecule has 1 N–H and O–H groups in total. The Labute approximate surface area is 125 Å². The molecule has 1 aromatic rings. The van der Waals surface area contributed by atoms with Gasteiger partial charge in [0.05, 0.1) is 0 Å². The molecule has 112 valence electrons. The third-order valence-electron chi connectivity index (χ3n) is 3.54. The molecule has 1 aliphatic carbocycles. The Morgan fingerprint density at radius 2 is 2.05 bits per heavy atom. The standard InChI is InChI=1S/C17H21NO3/c19-12-15-6-8-16(9-7-15)21-13-17(20)18-11-10-14-4-2-1-3-5-14/h4,6-9,12H,1-3,5,10-11,13H2,(H,18,20). The Hall–Kier alpha value is -2.10.